The third kappa shape index (κ3) is 4.88. The number of allylic oxidation sites excluding steroid dienone is 1. The Kier molecular flexibility index (Phi) is 6.63. The fourth-order valence-electron chi connectivity index (χ4n) is 2.87. The first-order valence-electron chi connectivity index (χ1n) is 9.04. The van der Waals surface area contributed by atoms with Crippen molar-refractivity contribution < 1.29 is 8.78 Å². The van der Waals surface area contributed by atoms with E-state index in [1.165, 1.54) is 17.7 Å². The van der Waals surface area contributed by atoms with Crippen molar-refractivity contribution in [2.24, 2.45) is 0 Å². The summed E-state index contributed by atoms with van der Waals surface area (Å²) >= 11 is 5.86. The lowest BCUT2D eigenvalue weighted by molar-refractivity contribution is 0.587. The minimum atomic E-state index is -0.670. The van der Waals surface area contributed by atoms with Gasteiger partial charge in [0.1, 0.15) is 11.6 Å². The predicted octanol–water partition coefficient (Wildman–Crippen LogP) is 7.19. The van der Waals surface area contributed by atoms with Crippen molar-refractivity contribution in [3.63, 3.8) is 0 Å². The van der Waals surface area contributed by atoms with E-state index >= 15 is 0 Å². The van der Waals surface area contributed by atoms with Crippen LogP contribution in [0.25, 0.3) is 11.1 Å². The number of hydrogen-bond acceptors (Lipinski definition) is 0. The topological polar surface area (TPSA) is 0 Å². The maximum Gasteiger partial charge on any atom is 0.149 e. The largest absolute Gasteiger partial charge is 0.206 e. The normalized spacial score (nSPS) is 10.2. The molecule has 0 heterocycles. The Labute approximate surface area is 169 Å². The summed E-state index contributed by atoms with van der Waals surface area (Å²) in [5.74, 6) is 4.47. The van der Waals surface area contributed by atoms with Crippen LogP contribution in [0.15, 0.2) is 73.3 Å². The first-order chi connectivity index (χ1) is 13.6. The van der Waals surface area contributed by atoms with Gasteiger partial charge in [0, 0.05) is 10.6 Å². The van der Waals surface area contributed by atoms with Crippen LogP contribution in [0.2, 0.25) is 5.02 Å². The van der Waals surface area contributed by atoms with Gasteiger partial charge < -0.3 is 0 Å². The number of hydrogen-bond donors (Lipinski definition) is 0. The van der Waals surface area contributed by atoms with Crippen LogP contribution in [0, 0.1) is 23.5 Å². The molecule has 0 aliphatic rings. The molecule has 0 aromatic heterocycles. The van der Waals surface area contributed by atoms with Crippen LogP contribution in [-0.2, 0) is 6.42 Å². The Balaban J connectivity index is 1.85. The van der Waals surface area contributed by atoms with Crippen molar-refractivity contribution >= 4 is 11.6 Å². The minimum absolute atomic E-state index is 0.0963. The molecule has 3 aromatic rings. The molecule has 0 fully saturated rings. The zero-order chi connectivity index (χ0) is 19.9. The molecule has 3 heteroatoms. The van der Waals surface area contributed by atoms with Crippen molar-refractivity contribution in [3.8, 4) is 23.0 Å². The number of unbranched alkanes of at least 4 members (excludes halogenated alkanes) is 1. The van der Waals surface area contributed by atoms with Crippen molar-refractivity contribution in [3.05, 3.63) is 107 Å². The Bertz CT molecular complexity index is 1020. The van der Waals surface area contributed by atoms with Gasteiger partial charge in [-0.15, -0.1) is 6.58 Å². The molecule has 0 atom stereocenters. The molecule has 0 saturated heterocycles. The molecule has 3 rings (SSSR count). The van der Waals surface area contributed by atoms with Gasteiger partial charge in [0.05, 0.1) is 11.1 Å². The lowest BCUT2D eigenvalue weighted by Gasteiger charge is -2.07. The molecule has 0 amide bonds. The number of aryl methyl sites for hydroxylation is 1. The second kappa shape index (κ2) is 9.35. The van der Waals surface area contributed by atoms with Crippen LogP contribution >= 0.6 is 11.6 Å². The van der Waals surface area contributed by atoms with Crippen LogP contribution in [0.5, 0.6) is 0 Å². The Morgan fingerprint density at radius 1 is 0.893 bits per heavy atom. The van der Waals surface area contributed by atoms with E-state index in [0.717, 1.165) is 24.8 Å². The highest BCUT2D eigenvalue weighted by atomic mass is 35.5. The molecule has 0 aliphatic carbocycles. The Hall–Kier alpha value is -2.89. The summed E-state index contributed by atoms with van der Waals surface area (Å²) < 4.78 is 29.1. The van der Waals surface area contributed by atoms with Gasteiger partial charge in [0.2, 0.25) is 0 Å². The van der Waals surface area contributed by atoms with E-state index in [-0.39, 0.29) is 11.1 Å². The highest BCUT2D eigenvalue weighted by Crippen LogP contribution is 2.29. The van der Waals surface area contributed by atoms with Gasteiger partial charge in [0.15, 0.2) is 0 Å². The predicted molar refractivity (Wildman–Crippen MR) is 112 cm³/mol. The molecule has 0 radical (unpaired) electrons. The van der Waals surface area contributed by atoms with E-state index in [1.807, 2.05) is 30.3 Å². The molecule has 0 aliphatic heterocycles. The average Bonchev–Trinajstić information content (AvgIpc) is 2.70. The van der Waals surface area contributed by atoms with Crippen molar-refractivity contribution in [1.29, 1.82) is 0 Å². The number of halogens is 3. The van der Waals surface area contributed by atoms with Crippen LogP contribution in [0.1, 0.15) is 29.5 Å². The van der Waals surface area contributed by atoms with Gasteiger partial charge in [-0.05, 0) is 66.8 Å². The molecular formula is C25H19ClF2. The summed E-state index contributed by atoms with van der Waals surface area (Å²) in [7, 11) is 0. The molecule has 0 N–H and O–H groups in total. The van der Waals surface area contributed by atoms with E-state index in [9.17, 15) is 8.78 Å². The SMILES string of the molecule is C=CCCCc1ccc(C#Cc2ccc(F)c(-c3ccc(Cl)cc3)c2F)cc1. The van der Waals surface area contributed by atoms with E-state index in [2.05, 4.69) is 18.4 Å². The van der Waals surface area contributed by atoms with Gasteiger partial charge in [-0.3, -0.25) is 0 Å². The monoisotopic (exact) mass is 392 g/mol. The Morgan fingerprint density at radius 3 is 2.29 bits per heavy atom. The van der Waals surface area contributed by atoms with E-state index in [1.54, 1.807) is 24.3 Å². The van der Waals surface area contributed by atoms with Gasteiger partial charge in [-0.1, -0.05) is 53.8 Å². The van der Waals surface area contributed by atoms with Gasteiger partial charge in [0.25, 0.3) is 0 Å². The highest BCUT2D eigenvalue weighted by Gasteiger charge is 2.14. The average molecular weight is 393 g/mol. The zero-order valence-electron chi connectivity index (χ0n) is 15.3. The number of benzene rings is 3. The maximum absolute atomic E-state index is 14.9. The molecule has 0 spiro atoms. The molecule has 0 unspecified atom stereocenters. The minimum Gasteiger partial charge on any atom is -0.206 e. The lowest BCUT2D eigenvalue weighted by atomic mass is 10.0. The first kappa shape index (κ1) is 19.9. The molecule has 28 heavy (non-hydrogen) atoms. The summed E-state index contributed by atoms with van der Waals surface area (Å²) in [6, 6.07) is 16.9. The van der Waals surface area contributed by atoms with Crippen molar-refractivity contribution in [2.45, 2.75) is 19.3 Å². The maximum atomic E-state index is 14.9. The highest BCUT2D eigenvalue weighted by molar-refractivity contribution is 6.30. The van der Waals surface area contributed by atoms with Crippen molar-refractivity contribution in [1.82, 2.24) is 0 Å². The van der Waals surface area contributed by atoms with Crippen LogP contribution in [0.3, 0.4) is 0 Å². The standard InChI is InChI=1S/C25H19ClF2/c1-2-3-4-5-18-6-8-19(9-7-18)10-11-21-14-17-23(27)24(25(21)28)20-12-15-22(26)16-13-20/h2,6-9,12-17H,1,3-5H2. The summed E-state index contributed by atoms with van der Waals surface area (Å²) in [5, 5.41) is 0.508. The fraction of sp³-hybridized carbons (Fsp3) is 0.120. The molecule has 0 bridgehead atoms. The third-order valence-corrected chi connectivity index (χ3v) is 4.65. The second-order valence-corrected chi connectivity index (χ2v) is 6.86. The van der Waals surface area contributed by atoms with E-state index in [4.69, 9.17) is 11.6 Å². The van der Waals surface area contributed by atoms with E-state index < -0.39 is 11.6 Å². The van der Waals surface area contributed by atoms with Gasteiger partial charge in [-0.2, -0.15) is 0 Å². The van der Waals surface area contributed by atoms with Gasteiger partial charge in [-0.25, -0.2) is 8.78 Å². The van der Waals surface area contributed by atoms with Crippen LogP contribution < -0.4 is 0 Å². The fourth-order valence-corrected chi connectivity index (χ4v) is 3.00. The zero-order valence-corrected chi connectivity index (χ0v) is 16.1. The number of rotatable bonds is 5. The third-order valence-electron chi connectivity index (χ3n) is 4.39. The molecule has 140 valence electrons. The quantitative estimate of drug-likeness (QED) is 0.245. The van der Waals surface area contributed by atoms with Crippen LogP contribution in [0.4, 0.5) is 8.78 Å². The summed E-state index contributed by atoms with van der Waals surface area (Å²) in [6.45, 7) is 3.72. The molecule has 0 nitrogen and oxygen atoms in total. The van der Waals surface area contributed by atoms with Gasteiger partial charge >= 0.3 is 0 Å². The van der Waals surface area contributed by atoms with Crippen molar-refractivity contribution in [2.75, 3.05) is 0 Å². The lowest BCUT2D eigenvalue weighted by Crippen LogP contribution is -1.94. The molecular weight excluding hydrogens is 374 g/mol. The summed E-state index contributed by atoms with van der Waals surface area (Å²) in [5.41, 5.74) is 2.49. The van der Waals surface area contributed by atoms with E-state index in [0.29, 0.717) is 10.6 Å². The van der Waals surface area contributed by atoms with Crippen LogP contribution in [-0.4, -0.2) is 0 Å². The smallest absolute Gasteiger partial charge is 0.149 e. The first-order valence-corrected chi connectivity index (χ1v) is 9.42. The summed E-state index contributed by atoms with van der Waals surface area (Å²) in [4.78, 5) is 0. The Morgan fingerprint density at radius 2 is 1.61 bits per heavy atom. The molecule has 3 aromatic carbocycles. The molecule has 0 saturated carbocycles. The second-order valence-electron chi connectivity index (χ2n) is 6.42. The summed E-state index contributed by atoms with van der Waals surface area (Å²) in [6.07, 6.45) is 4.94.